The number of anilines is 1. The zero-order valence-electron chi connectivity index (χ0n) is 12.4. The van der Waals surface area contributed by atoms with Crippen molar-refractivity contribution in [3.63, 3.8) is 0 Å². The largest absolute Gasteiger partial charge is 0.356 e. The van der Waals surface area contributed by atoms with E-state index in [0.717, 1.165) is 30.9 Å². The lowest BCUT2D eigenvalue weighted by atomic mass is 10.1. The van der Waals surface area contributed by atoms with Crippen LogP contribution in [0.4, 0.5) is 10.3 Å². The third-order valence-electron chi connectivity index (χ3n) is 3.58. The van der Waals surface area contributed by atoms with E-state index in [1.165, 1.54) is 0 Å². The Balaban J connectivity index is 2.18. The molecule has 0 radical (unpaired) electrons. The standard InChI is InChI=1S/C16H22FN3/c1-4-5-8-18-16-19-9-10-20(16)13(3)14-7-6-12(2)15(17)11-14/h6-7,9-11,13H,4-5,8H2,1-3H3,(H,18,19). The molecule has 4 heteroatoms. The van der Waals surface area contributed by atoms with Crippen molar-refractivity contribution < 1.29 is 4.39 Å². The molecule has 108 valence electrons. The minimum Gasteiger partial charge on any atom is -0.356 e. The molecule has 0 saturated carbocycles. The van der Waals surface area contributed by atoms with Crippen LogP contribution in [0.1, 0.15) is 43.9 Å². The summed E-state index contributed by atoms with van der Waals surface area (Å²) < 4.78 is 15.7. The van der Waals surface area contributed by atoms with Crippen molar-refractivity contribution in [2.45, 2.75) is 39.7 Å². The molecule has 1 aromatic carbocycles. The van der Waals surface area contributed by atoms with Gasteiger partial charge in [-0.1, -0.05) is 25.5 Å². The number of hydrogen-bond donors (Lipinski definition) is 1. The molecule has 1 aromatic heterocycles. The fourth-order valence-corrected chi connectivity index (χ4v) is 2.17. The summed E-state index contributed by atoms with van der Waals surface area (Å²) in [5.74, 6) is 0.682. The van der Waals surface area contributed by atoms with Gasteiger partial charge in [0.05, 0.1) is 6.04 Å². The molecule has 0 saturated heterocycles. The van der Waals surface area contributed by atoms with Gasteiger partial charge >= 0.3 is 0 Å². The molecule has 0 fully saturated rings. The SMILES string of the molecule is CCCCNc1nccn1C(C)c1ccc(C)c(F)c1. The molecule has 2 rings (SSSR count). The van der Waals surface area contributed by atoms with Crippen molar-refractivity contribution in [2.24, 2.45) is 0 Å². The highest BCUT2D eigenvalue weighted by Gasteiger charge is 2.13. The van der Waals surface area contributed by atoms with Gasteiger partial charge in [-0.3, -0.25) is 0 Å². The van der Waals surface area contributed by atoms with Crippen molar-refractivity contribution >= 4 is 5.95 Å². The monoisotopic (exact) mass is 275 g/mol. The quantitative estimate of drug-likeness (QED) is 0.802. The van der Waals surface area contributed by atoms with E-state index in [4.69, 9.17) is 0 Å². The first-order valence-corrected chi connectivity index (χ1v) is 7.16. The first-order valence-electron chi connectivity index (χ1n) is 7.16. The Morgan fingerprint density at radius 1 is 1.40 bits per heavy atom. The molecule has 0 bridgehead atoms. The average Bonchev–Trinajstić information content (AvgIpc) is 2.90. The maximum Gasteiger partial charge on any atom is 0.203 e. The van der Waals surface area contributed by atoms with E-state index in [1.807, 2.05) is 22.9 Å². The minimum atomic E-state index is -0.157. The summed E-state index contributed by atoms with van der Waals surface area (Å²) in [6.45, 7) is 6.89. The van der Waals surface area contributed by atoms with Gasteiger partial charge in [-0.05, 0) is 37.5 Å². The van der Waals surface area contributed by atoms with Gasteiger partial charge in [0.2, 0.25) is 5.95 Å². The molecular weight excluding hydrogens is 253 g/mol. The van der Waals surface area contributed by atoms with E-state index in [2.05, 4.69) is 24.1 Å². The van der Waals surface area contributed by atoms with Crippen molar-refractivity contribution in [2.75, 3.05) is 11.9 Å². The lowest BCUT2D eigenvalue weighted by Crippen LogP contribution is -2.12. The lowest BCUT2D eigenvalue weighted by Gasteiger charge is -2.18. The zero-order valence-corrected chi connectivity index (χ0v) is 12.4. The Morgan fingerprint density at radius 3 is 2.90 bits per heavy atom. The highest BCUT2D eigenvalue weighted by atomic mass is 19.1. The number of nitrogens with zero attached hydrogens (tertiary/aromatic N) is 2. The van der Waals surface area contributed by atoms with E-state index in [-0.39, 0.29) is 11.9 Å². The van der Waals surface area contributed by atoms with E-state index in [9.17, 15) is 4.39 Å². The van der Waals surface area contributed by atoms with Crippen LogP contribution in [0.2, 0.25) is 0 Å². The number of imidazole rings is 1. The average molecular weight is 275 g/mol. The van der Waals surface area contributed by atoms with Crippen LogP contribution in [0.25, 0.3) is 0 Å². The molecule has 0 aliphatic rings. The number of halogens is 1. The molecule has 0 spiro atoms. The second-order valence-corrected chi connectivity index (χ2v) is 5.12. The predicted octanol–water partition coefficient (Wildman–Crippen LogP) is 4.15. The van der Waals surface area contributed by atoms with Gasteiger partial charge in [0.25, 0.3) is 0 Å². The van der Waals surface area contributed by atoms with Crippen LogP contribution >= 0.6 is 0 Å². The van der Waals surface area contributed by atoms with E-state index in [1.54, 1.807) is 19.2 Å². The fourth-order valence-electron chi connectivity index (χ4n) is 2.17. The van der Waals surface area contributed by atoms with E-state index < -0.39 is 0 Å². The second kappa shape index (κ2) is 6.55. The fraction of sp³-hybridized carbons (Fsp3) is 0.438. The van der Waals surface area contributed by atoms with Crippen LogP contribution < -0.4 is 5.32 Å². The van der Waals surface area contributed by atoms with Gasteiger partial charge < -0.3 is 9.88 Å². The van der Waals surface area contributed by atoms with Crippen LogP contribution in [0.15, 0.2) is 30.6 Å². The van der Waals surface area contributed by atoms with E-state index in [0.29, 0.717) is 5.56 Å². The minimum absolute atomic E-state index is 0.0525. The lowest BCUT2D eigenvalue weighted by molar-refractivity contribution is 0.599. The van der Waals surface area contributed by atoms with Crippen LogP contribution in [-0.2, 0) is 0 Å². The number of aromatic nitrogens is 2. The van der Waals surface area contributed by atoms with Crippen LogP contribution in [0.5, 0.6) is 0 Å². The van der Waals surface area contributed by atoms with Crippen molar-refractivity contribution in [3.8, 4) is 0 Å². The number of hydrogen-bond acceptors (Lipinski definition) is 2. The van der Waals surface area contributed by atoms with Gasteiger partial charge in [0, 0.05) is 18.9 Å². The second-order valence-electron chi connectivity index (χ2n) is 5.12. The summed E-state index contributed by atoms with van der Waals surface area (Å²) in [6.07, 6.45) is 5.96. The summed E-state index contributed by atoms with van der Waals surface area (Å²) in [7, 11) is 0. The third kappa shape index (κ3) is 3.18. The normalized spacial score (nSPS) is 12.4. The molecular formula is C16H22FN3. The van der Waals surface area contributed by atoms with Crippen LogP contribution in [0, 0.1) is 12.7 Å². The number of nitrogens with one attached hydrogen (secondary N) is 1. The summed E-state index contributed by atoms with van der Waals surface area (Å²) in [6, 6.07) is 5.45. The third-order valence-corrected chi connectivity index (χ3v) is 3.58. The van der Waals surface area contributed by atoms with Gasteiger partial charge in [-0.2, -0.15) is 0 Å². The number of benzene rings is 1. The van der Waals surface area contributed by atoms with Crippen molar-refractivity contribution in [1.29, 1.82) is 0 Å². The molecule has 1 N–H and O–H groups in total. The maximum atomic E-state index is 13.7. The summed E-state index contributed by atoms with van der Waals surface area (Å²) >= 11 is 0. The first kappa shape index (κ1) is 14.6. The van der Waals surface area contributed by atoms with Crippen LogP contribution in [-0.4, -0.2) is 16.1 Å². The zero-order chi connectivity index (χ0) is 14.5. The Hall–Kier alpha value is -1.84. The molecule has 0 amide bonds. The molecule has 3 nitrogen and oxygen atoms in total. The van der Waals surface area contributed by atoms with Gasteiger partial charge in [-0.25, -0.2) is 9.37 Å². The number of unbranched alkanes of at least 4 members (excludes halogenated alkanes) is 1. The van der Waals surface area contributed by atoms with Crippen molar-refractivity contribution in [1.82, 2.24) is 9.55 Å². The Labute approximate surface area is 119 Å². The summed E-state index contributed by atoms with van der Waals surface area (Å²) in [4.78, 5) is 4.33. The van der Waals surface area contributed by atoms with E-state index >= 15 is 0 Å². The summed E-state index contributed by atoms with van der Waals surface area (Å²) in [5.41, 5.74) is 1.62. The number of aryl methyl sites for hydroxylation is 1. The van der Waals surface area contributed by atoms with Crippen LogP contribution in [0.3, 0.4) is 0 Å². The van der Waals surface area contributed by atoms with Gasteiger partial charge in [0.15, 0.2) is 0 Å². The van der Waals surface area contributed by atoms with Crippen molar-refractivity contribution in [3.05, 3.63) is 47.5 Å². The molecule has 1 heterocycles. The number of rotatable bonds is 6. The summed E-state index contributed by atoms with van der Waals surface area (Å²) in [5, 5.41) is 3.33. The van der Waals surface area contributed by atoms with Gasteiger partial charge in [0.1, 0.15) is 5.82 Å². The highest BCUT2D eigenvalue weighted by Crippen LogP contribution is 2.23. The molecule has 0 aliphatic heterocycles. The molecule has 1 unspecified atom stereocenters. The predicted molar refractivity (Wildman–Crippen MR) is 80.6 cm³/mol. The molecule has 20 heavy (non-hydrogen) atoms. The smallest absolute Gasteiger partial charge is 0.203 e. The first-order chi connectivity index (χ1) is 9.63. The topological polar surface area (TPSA) is 29.9 Å². The Morgan fingerprint density at radius 2 is 2.20 bits per heavy atom. The molecule has 2 aromatic rings. The Bertz CT molecular complexity index is 563. The maximum absolute atomic E-state index is 13.7. The molecule has 1 atom stereocenters. The molecule has 0 aliphatic carbocycles. The highest BCUT2D eigenvalue weighted by molar-refractivity contribution is 5.32. The Kier molecular flexibility index (Phi) is 4.77. The van der Waals surface area contributed by atoms with Gasteiger partial charge in [-0.15, -0.1) is 0 Å².